The van der Waals surface area contributed by atoms with Crippen LogP contribution in [0.15, 0.2) is 36.4 Å². The highest BCUT2D eigenvalue weighted by Crippen LogP contribution is 2.24. The van der Waals surface area contributed by atoms with Crippen molar-refractivity contribution in [3.8, 4) is 0 Å². The number of nitrogens with two attached hydrogens (primary N) is 1. The number of benzene rings is 2. The number of nitrogen functional groups attached to an aromatic ring is 1. The number of halogens is 2. The Labute approximate surface area is 121 Å². The first-order valence-electron chi connectivity index (χ1n) is 6.77. The monoisotopic (exact) mass is 287 g/mol. The Morgan fingerprint density at radius 2 is 1.86 bits per heavy atom. The van der Waals surface area contributed by atoms with Crippen LogP contribution in [0, 0.1) is 11.6 Å². The van der Waals surface area contributed by atoms with Gasteiger partial charge >= 0.3 is 0 Å². The van der Waals surface area contributed by atoms with Crippen molar-refractivity contribution in [2.75, 3.05) is 5.73 Å². The zero-order valence-electron chi connectivity index (χ0n) is 11.6. The van der Waals surface area contributed by atoms with E-state index in [2.05, 4.69) is 11.9 Å². The minimum atomic E-state index is -0.695. The molecule has 0 aliphatic carbocycles. The van der Waals surface area contributed by atoms with E-state index in [-0.39, 0.29) is 11.5 Å². The summed E-state index contributed by atoms with van der Waals surface area (Å²) in [6.45, 7) is 2.50. The number of aryl methyl sites for hydroxylation is 1. The molecular formula is C16H15F2N3. The van der Waals surface area contributed by atoms with E-state index < -0.39 is 11.6 Å². The van der Waals surface area contributed by atoms with Crippen molar-refractivity contribution in [1.29, 1.82) is 0 Å². The number of nitrogens with zero attached hydrogens (tertiary/aromatic N) is 2. The van der Waals surface area contributed by atoms with Crippen LogP contribution in [0.4, 0.5) is 14.7 Å². The molecule has 0 aliphatic heterocycles. The number of aromatic nitrogens is 2. The predicted molar refractivity (Wildman–Crippen MR) is 79.0 cm³/mol. The van der Waals surface area contributed by atoms with E-state index in [0.29, 0.717) is 12.1 Å². The summed E-state index contributed by atoms with van der Waals surface area (Å²) in [5.74, 6) is -1.15. The fourth-order valence-corrected chi connectivity index (χ4v) is 2.56. The van der Waals surface area contributed by atoms with Crippen LogP contribution in [0.5, 0.6) is 0 Å². The van der Waals surface area contributed by atoms with Crippen LogP contribution in [-0.4, -0.2) is 9.55 Å². The van der Waals surface area contributed by atoms with Gasteiger partial charge in [-0.3, -0.25) is 0 Å². The van der Waals surface area contributed by atoms with Gasteiger partial charge in [-0.05, 0) is 17.5 Å². The van der Waals surface area contributed by atoms with Gasteiger partial charge in [0.1, 0.15) is 11.3 Å². The molecule has 3 nitrogen and oxygen atoms in total. The van der Waals surface area contributed by atoms with Crippen LogP contribution in [0.25, 0.3) is 11.0 Å². The second-order valence-electron chi connectivity index (χ2n) is 4.93. The van der Waals surface area contributed by atoms with Gasteiger partial charge in [0.15, 0.2) is 5.82 Å². The molecule has 21 heavy (non-hydrogen) atoms. The van der Waals surface area contributed by atoms with Crippen LogP contribution >= 0.6 is 0 Å². The molecule has 0 fully saturated rings. The maximum atomic E-state index is 13.8. The normalized spacial score (nSPS) is 11.2. The average molecular weight is 287 g/mol. The molecule has 0 amide bonds. The minimum Gasteiger partial charge on any atom is -0.369 e. The van der Waals surface area contributed by atoms with Crippen molar-refractivity contribution >= 4 is 17.0 Å². The summed E-state index contributed by atoms with van der Waals surface area (Å²) in [4.78, 5) is 4.00. The van der Waals surface area contributed by atoms with E-state index in [1.165, 1.54) is 11.6 Å². The molecule has 0 aliphatic rings. The van der Waals surface area contributed by atoms with E-state index >= 15 is 0 Å². The summed E-state index contributed by atoms with van der Waals surface area (Å²) in [7, 11) is 0. The summed E-state index contributed by atoms with van der Waals surface area (Å²) in [5, 5.41) is 0. The Hall–Kier alpha value is -2.43. The number of imidazole rings is 1. The molecule has 108 valence electrons. The van der Waals surface area contributed by atoms with E-state index in [9.17, 15) is 8.78 Å². The summed E-state index contributed by atoms with van der Waals surface area (Å²) >= 11 is 0. The lowest BCUT2D eigenvalue weighted by Gasteiger charge is -2.10. The fraction of sp³-hybridized carbons (Fsp3) is 0.188. The molecule has 2 aromatic carbocycles. The maximum absolute atomic E-state index is 13.8. The van der Waals surface area contributed by atoms with Crippen LogP contribution in [-0.2, 0) is 13.0 Å². The van der Waals surface area contributed by atoms with Crippen molar-refractivity contribution in [1.82, 2.24) is 9.55 Å². The minimum absolute atomic E-state index is 0.0999. The Balaban J connectivity index is 2.14. The Kier molecular flexibility index (Phi) is 3.33. The SMILES string of the molecule is CCc1ccccc1Cn1c(N)nc2c(F)cc(F)cc21. The van der Waals surface area contributed by atoms with E-state index in [4.69, 9.17) is 5.73 Å². The first kappa shape index (κ1) is 13.5. The van der Waals surface area contributed by atoms with Gasteiger partial charge in [-0.2, -0.15) is 0 Å². The topological polar surface area (TPSA) is 43.8 Å². The highest BCUT2D eigenvalue weighted by atomic mass is 19.1. The molecule has 1 heterocycles. The van der Waals surface area contributed by atoms with E-state index in [1.807, 2.05) is 24.3 Å². The van der Waals surface area contributed by atoms with Crippen LogP contribution in [0.3, 0.4) is 0 Å². The fourth-order valence-electron chi connectivity index (χ4n) is 2.56. The molecule has 0 bridgehead atoms. The van der Waals surface area contributed by atoms with Crippen LogP contribution < -0.4 is 5.73 Å². The number of hydrogen-bond donors (Lipinski definition) is 1. The smallest absolute Gasteiger partial charge is 0.201 e. The predicted octanol–water partition coefficient (Wildman–Crippen LogP) is 3.51. The molecule has 0 atom stereocenters. The summed E-state index contributed by atoms with van der Waals surface area (Å²) in [5.41, 5.74) is 8.59. The third-order valence-corrected chi connectivity index (χ3v) is 3.63. The van der Waals surface area contributed by atoms with Crippen molar-refractivity contribution in [2.45, 2.75) is 19.9 Å². The molecule has 5 heteroatoms. The van der Waals surface area contributed by atoms with Gasteiger partial charge in [0.2, 0.25) is 5.95 Å². The van der Waals surface area contributed by atoms with Crippen molar-refractivity contribution < 1.29 is 8.78 Å². The Morgan fingerprint density at radius 1 is 1.14 bits per heavy atom. The molecule has 0 spiro atoms. The summed E-state index contributed by atoms with van der Waals surface area (Å²) in [6, 6.07) is 10.0. The molecule has 3 rings (SSSR count). The number of anilines is 1. The Bertz CT molecular complexity index is 809. The number of rotatable bonds is 3. The van der Waals surface area contributed by atoms with Crippen molar-refractivity contribution in [3.05, 3.63) is 59.2 Å². The highest BCUT2D eigenvalue weighted by Gasteiger charge is 2.14. The molecule has 3 aromatic rings. The number of hydrogen-bond acceptors (Lipinski definition) is 2. The van der Waals surface area contributed by atoms with Gasteiger partial charge < -0.3 is 10.3 Å². The second-order valence-corrected chi connectivity index (χ2v) is 4.93. The standard InChI is InChI=1S/C16H15F2N3/c1-2-10-5-3-4-6-11(10)9-21-14-8-12(17)7-13(18)15(14)20-16(21)19/h3-8H,2,9H2,1H3,(H2,19,20). The van der Waals surface area contributed by atoms with Crippen molar-refractivity contribution in [2.24, 2.45) is 0 Å². The molecular weight excluding hydrogens is 272 g/mol. The van der Waals surface area contributed by atoms with E-state index in [0.717, 1.165) is 18.1 Å². The third kappa shape index (κ3) is 2.35. The first-order chi connectivity index (χ1) is 10.1. The molecule has 2 N–H and O–H groups in total. The molecule has 0 radical (unpaired) electrons. The average Bonchev–Trinajstić information content (AvgIpc) is 2.77. The van der Waals surface area contributed by atoms with Gasteiger partial charge in [0.05, 0.1) is 12.1 Å². The Morgan fingerprint density at radius 3 is 2.57 bits per heavy atom. The molecule has 0 unspecified atom stereocenters. The van der Waals surface area contributed by atoms with Gasteiger partial charge in [0, 0.05) is 12.1 Å². The lowest BCUT2D eigenvalue weighted by molar-refractivity contribution is 0.590. The van der Waals surface area contributed by atoms with E-state index in [1.54, 1.807) is 4.57 Å². The largest absolute Gasteiger partial charge is 0.369 e. The zero-order valence-corrected chi connectivity index (χ0v) is 11.6. The van der Waals surface area contributed by atoms with Crippen LogP contribution in [0.2, 0.25) is 0 Å². The van der Waals surface area contributed by atoms with Crippen LogP contribution in [0.1, 0.15) is 18.1 Å². The molecule has 1 aromatic heterocycles. The lowest BCUT2D eigenvalue weighted by atomic mass is 10.1. The third-order valence-electron chi connectivity index (χ3n) is 3.63. The molecule has 0 saturated carbocycles. The zero-order chi connectivity index (χ0) is 15.0. The maximum Gasteiger partial charge on any atom is 0.201 e. The summed E-state index contributed by atoms with van der Waals surface area (Å²) < 4.78 is 28.8. The van der Waals surface area contributed by atoms with Crippen molar-refractivity contribution in [3.63, 3.8) is 0 Å². The number of fused-ring (bicyclic) bond motifs is 1. The van der Waals surface area contributed by atoms with Gasteiger partial charge in [0.25, 0.3) is 0 Å². The highest BCUT2D eigenvalue weighted by molar-refractivity contribution is 5.79. The lowest BCUT2D eigenvalue weighted by Crippen LogP contribution is -2.06. The van der Waals surface area contributed by atoms with Gasteiger partial charge in [-0.15, -0.1) is 0 Å². The quantitative estimate of drug-likeness (QED) is 0.801. The van der Waals surface area contributed by atoms with Gasteiger partial charge in [-0.1, -0.05) is 31.2 Å². The molecule has 0 saturated heterocycles. The van der Waals surface area contributed by atoms with Gasteiger partial charge in [-0.25, -0.2) is 13.8 Å². The second kappa shape index (κ2) is 5.16. The first-order valence-corrected chi connectivity index (χ1v) is 6.77. The summed E-state index contributed by atoms with van der Waals surface area (Å²) in [6.07, 6.45) is 0.880.